The molecule has 1 fully saturated rings. The second-order valence-electron chi connectivity index (χ2n) is 5.21. The molecule has 0 radical (unpaired) electrons. The van der Waals surface area contributed by atoms with Crippen LogP contribution in [0.1, 0.15) is 32.1 Å². The van der Waals surface area contributed by atoms with Crippen LogP contribution in [0, 0.1) is 0 Å². The summed E-state index contributed by atoms with van der Waals surface area (Å²) in [5, 5.41) is 1.91. The number of nitrogens with zero attached hydrogens (tertiary/aromatic N) is 2. The van der Waals surface area contributed by atoms with Crippen LogP contribution in [-0.2, 0) is 11.3 Å². The lowest BCUT2D eigenvalue weighted by atomic mass is 9.95. The standard InChI is InChI=1S/C15H18N2O2S/c18-20(19)17(13-6-2-1-3-7-13)15-8-4-5-12-11-16-10-9-14(12)15/h4-5,8-11,13H,1-3,6-7H2,(H,18,19)/p-1. The van der Waals surface area contributed by atoms with Gasteiger partial charge in [0, 0.05) is 40.5 Å². The zero-order valence-corrected chi connectivity index (χ0v) is 12.0. The zero-order valence-electron chi connectivity index (χ0n) is 11.2. The summed E-state index contributed by atoms with van der Waals surface area (Å²) in [6.45, 7) is 0. The van der Waals surface area contributed by atoms with Gasteiger partial charge >= 0.3 is 0 Å². The Morgan fingerprint density at radius 2 is 2.00 bits per heavy atom. The Labute approximate surface area is 121 Å². The summed E-state index contributed by atoms with van der Waals surface area (Å²) in [6.07, 6.45) is 8.76. The van der Waals surface area contributed by atoms with Crippen molar-refractivity contribution in [2.75, 3.05) is 4.31 Å². The zero-order chi connectivity index (χ0) is 13.9. The molecule has 1 aromatic carbocycles. The number of fused-ring (bicyclic) bond motifs is 1. The van der Waals surface area contributed by atoms with Crippen molar-refractivity contribution < 1.29 is 8.76 Å². The van der Waals surface area contributed by atoms with E-state index in [-0.39, 0.29) is 6.04 Å². The van der Waals surface area contributed by atoms with Crippen molar-refractivity contribution in [3.05, 3.63) is 36.7 Å². The molecule has 0 bridgehead atoms. The van der Waals surface area contributed by atoms with E-state index in [9.17, 15) is 8.76 Å². The lowest BCUT2D eigenvalue weighted by Gasteiger charge is -2.37. The van der Waals surface area contributed by atoms with E-state index in [2.05, 4.69) is 4.98 Å². The summed E-state index contributed by atoms with van der Waals surface area (Å²) < 4.78 is 25.1. The van der Waals surface area contributed by atoms with Gasteiger partial charge in [-0.25, -0.2) is 0 Å². The first-order valence-electron chi connectivity index (χ1n) is 6.99. The molecule has 5 heteroatoms. The Hall–Kier alpha value is -1.46. The summed E-state index contributed by atoms with van der Waals surface area (Å²) in [5.74, 6) is 0. The molecular formula is C15H17N2O2S-. The van der Waals surface area contributed by atoms with Crippen molar-refractivity contribution in [3.8, 4) is 0 Å². The highest BCUT2D eigenvalue weighted by molar-refractivity contribution is 7.80. The summed E-state index contributed by atoms with van der Waals surface area (Å²) in [5.41, 5.74) is 0.769. The molecule has 20 heavy (non-hydrogen) atoms. The number of pyridine rings is 1. The lowest BCUT2D eigenvalue weighted by molar-refractivity contribution is 0.432. The molecule has 4 nitrogen and oxygen atoms in total. The van der Waals surface area contributed by atoms with Gasteiger partial charge in [0.05, 0.1) is 5.69 Å². The minimum Gasteiger partial charge on any atom is -0.755 e. The molecule has 0 saturated heterocycles. The van der Waals surface area contributed by atoms with Crippen molar-refractivity contribution in [3.63, 3.8) is 0 Å². The second-order valence-corrected chi connectivity index (χ2v) is 6.04. The van der Waals surface area contributed by atoms with Gasteiger partial charge in [-0.2, -0.15) is 0 Å². The van der Waals surface area contributed by atoms with Crippen LogP contribution in [0.4, 0.5) is 5.69 Å². The first kappa shape index (κ1) is 13.5. The molecule has 3 rings (SSSR count). The highest BCUT2D eigenvalue weighted by atomic mass is 32.2. The normalized spacial score (nSPS) is 18.1. The van der Waals surface area contributed by atoms with Crippen LogP contribution < -0.4 is 4.31 Å². The van der Waals surface area contributed by atoms with Gasteiger partial charge in [-0.15, -0.1) is 0 Å². The second kappa shape index (κ2) is 5.89. The van der Waals surface area contributed by atoms with Crippen LogP contribution in [0.5, 0.6) is 0 Å². The van der Waals surface area contributed by atoms with Crippen molar-refractivity contribution >= 4 is 27.7 Å². The lowest BCUT2D eigenvalue weighted by Crippen LogP contribution is -2.38. The molecule has 1 saturated carbocycles. The first-order chi connectivity index (χ1) is 9.77. The molecule has 1 aliphatic rings. The highest BCUT2D eigenvalue weighted by Gasteiger charge is 2.23. The topological polar surface area (TPSA) is 56.3 Å². The Morgan fingerprint density at radius 3 is 2.75 bits per heavy atom. The maximum Gasteiger partial charge on any atom is 0.0565 e. The molecule has 0 amide bonds. The predicted octanol–water partition coefficient (Wildman–Crippen LogP) is 3.17. The van der Waals surface area contributed by atoms with Gasteiger partial charge in [-0.1, -0.05) is 31.4 Å². The molecule has 0 aliphatic heterocycles. The fourth-order valence-corrected chi connectivity index (χ4v) is 3.79. The molecule has 0 spiro atoms. The van der Waals surface area contributed by atoms with E-state index in [1.807, 2.05) is 24.3 Å². The maximum atomic E-state index is 11.8. The first-order valence-corrected chi connectivity index (χ1v) is 8.02. The third-order valence-electron chi connectivity index (χ3n) is 3.96. The maximum absolute atomic E-state index is 11.8. The average molecular weight is 289 g/mol. The van der Waals surface area contributed by atoms with Crippen molar-refractivity contribution in [1.29, 1.82) is 0 Å². The number of hydrogen-bond acceptors (Lipinski definition) is 3. The monoisotopic (exact) mass is 289 g/mol. The van der Waals surface area contributed by atoms with Crippen molar-refractivity contribution in [2.24, 2.45) is 0 Å². The fourth-order valence-electron chi connectivity index (χ4n) is 3.01. The van der Waals surface area contributed by atoms with Crippen molar-refractivity contribution in [2.45, 2.75) is 38.1 Å². The Kier molecular flexibility index (Phi) is 3.98. The van der Waals surface area contributed by atoms with Crippen LogP contribution in [-0.4, -0.2) is 19.8 Å². The van der Waals surface area contributed by atoms with E-state index in [0.29, 0.717) is 0 Å². The molecule has 1 atom stereocenters. The van der Waals surface area contributed by atoms with Crippen molar-refractivity contribution in [1.82, 2.24) is 4.98 Å². The Balaban J connectivity index is 2.07. The van der Waals surface area contributed by atoms with Gasteiger partial charge in [0.25, 0.3) is 0 Å². The molecule has 1 heterocycles. The third kappa shape index (κ3) is 2.55. The minimum atomic E-state index is -2.24. The number of hydrogen-bond donors (Lipinski definition) is 0. The summed E-state index contributed by atoms with van der Waals surface area (Å²) >= 11 is -2.24. The summed E-state index contributed by atoms with van der Waals surface area (Å²) in [6, 6.07) is 7.70. The highest BCUT2D eigenvalue weighted by Crippen LogP contribution is 2.33. The van der Waals surface area contributed by atoms with Crippen LogP contribution in [0.2, 0.25) is 0 Å². The Morgan fingerprint density at radius 1 is 1.20 bits per heavy atom. The van der Waals surface area contributed by atoms with Crippen LogP contribution >= 0.6 is 0 Å². The van der Waals surface area contributed by atoms with Gasteiger partial charge in [-0.05, 0) is 25.0 Å². The summed E-state index contributed by atoms with van der Waals surface area (Å²) in [4.78, 5) is 4.10. The number of anilines is 1. The molecule has 1 aromatic heterocycles. The quantitative estimate of drug-likeness (QED) is 0.815. The van der Waals surface area contributed by atoms with E-state index >= 15 is 0 Å². The third-order valence-corrected chi connectivity index (χ3v) is 4.78. The minimum absolute atomic E-state index is 0.0841. The summed E-state index contributed by atoms with van der Waals surface area (Å²) in [7, 11) is 0. The molecule has 0 N–H and O–H groups in total. The molecular weight excluding hydrogens is 272 g/mol. The fraction of sp³-hybridized carbons (Fsp3) is 0.400. The molecule has 1 aliphatic carbocycles. The van der Waals surface area contributed by atoms with E-state index < -0.39 is 11.3 Å². The molecule has 106 valence electrons. The smallest absolute Gasteiger partial charge is 0.0565 e. The molecule has 2 aromatic rings. The number of rotatable bonds is 3. The van der Waals surface area contributed by atoms with Gasteiger partial charge in [0.1, 0.15) is 0 Å². The SMILES string of the molecule is O=S([O-])N(c1cccc2cnccc12)C1CCCCC1. The number of aromatic nitrogens is 1. The van der Waals surface area contributed by atoms with Gasteiger partial charge < -0.3 is 4.55 Å². The van der Waals surface area contributed by atoms with Gasteiger partial charge in [0.15, 0.2) is 0 Å². The van der Waals surface area contributed by atoms with E-state index in [1.54, 1.807) is 16.7 Å². The largest absolute Gasteiger partial charge is 0.755 e. The van der Waals surface area contributed by atoms with Crippen LogP contribution in [0.3, 0.4) is 0 Å². The van der Waals surface area contributed by atoms with Gasteiger partial charge in [0.2, 0.25) is 0 Å². The Bertz CT molecular complexity index is 621. The van der Waals surface area contributed by atoms with Gasteiger partial charge in [-0.3, -0.25) is 13.5 Å². The van der Waals surface area contributed by atoms with Crippen LogP contribution in [0.15, 0.2) is 36.7 Å². The average Bonchev–Trinajstić information content (AvgIpc) is 2.48. The van der Waals surface area contributed by atoms with E-state index in [1.165, 1.54) is 6.42 Å². The molecule has 1 unspecified atom stereocenters. The predicted molar refractivity (Wildman–Crippen MR) is 80.0 cm³/mol. The van der Waals surface area contributed by atoms with E-state index in [0.717, 1.165) is 42.1 Å². The van der Waals surface area contributed by atoms with E-state index in [4.69, 9.17) is 0 Å². The van der Waals surface area contributed by atoms with Crippen LogP contribution in [0.25, 0.3) is 10.8 Å². The number of benzene rings is 1.